The molecule has 1 saturated heterocycles. The average molecular weight is 439 g/mol. The first-order valence-electron chi connectivity index (χ1n) is 10.3. The van der Waals surface area contributed by atoms with E-state index < -0.39 is 0 Å². The van der Waals surface area contributed by atoms with Crippen LogP contribution in [0.4, 0.5) is 5.82 Å². The van der Waals surface area contributed by atoms with Crippen LogP contribution in [-0.4, -0.2) is 36.6 Å². The summed E-state index contributed by atoms with van der Waals surface area (Å²) in [6.45, 7) is 0. The van der Waals surface area contributed by atoms with Gasteiger partial charge in [0.2, 0.25) is 5.91 Å². The number of para-hydroxylation sites is 1. The lowest BCUT2D eigenvalue weighted by molar-refractivity contribution is -0.125. The first-order chi connectivity index (χ1) is 15.7. The maximum atomic E-state index is 12.9. The first-order valence-corrected chi connectivity index (χ1v) is 11.3. The molecule has 1 N–H and O–H groups in total. The van der Waals surface area contributed by atoms with Crippen LogP contribution in [0, 0.1) is 0 Å². The number of amides is 1. The van der Waals surface area contributed by atoms with Crippen molar-refractivity contribution in [3.8, 4) is 22.7 Å². The predicted molar refractivity (Wildman–Crippen MR) is 125 cm³/mol. The van der Waals surface area contributed by atoms with Gasteiger partial charge in [0.15, 0.2) is 11.0 Å². The standard InChI is InChI=1S/C25H18N4O2S/c30-19-13-11-17(12-14-19)23-21-22(16-7-3-1-4-8-16)27-29(18-9-5-2-6-10-18)24(21)26-25-28(23)20(31)15-32-25/h1-14,23,30H,15H2. The van der Waals surface area contributed by atoms with Gasteiger partial charge in [-0.05, 0) is 29.8 Å². The van der Waals surface area contributed by atoms with Gasteiger partial charge in [-0.2, -0.15) is 5.10 Å². The first kappa shape index (κ1) is 18.9. The van der Waals surface area contributed by atoms with Gasteiger partial charge < -0.3 is 5.11 Å². The number of aromatic hydroxyl groups is 1. The number of carbonyl (C=O) groups excluding carboxylic acids is 1. The number of rotatable bonds is 3. The Kier molecular flexibility index (Phi) is 4.36. The van der Waals surface area contributed by atoms with Crippen LogP contribution in [0.1, 0.15) is 17.2 Å². The van der Waals surface area contributed by atoms with Crippen molar-refractivity contribution in [2.45, 2.75) is 6.04 Å². The molecule has 6 nitrogen and oxygen atoms in total. The fourth-order valence-corrected chi connectivity index (χ4v) is 5.13. The summed E-state index contributed by atoms with van der Waals surface area (Å²) in [5, 5.41) is 15.5. The summed E-state index contributed by atoms with van der Waals surface area (Å²) >= 11 is 1.44. The third-order valence-electron chi connectivity index (χ3n) is 5.69. The van der Waals surface area contributed by atoms with E-state index in [4.69, 9.17) is 10.1 Å². The van der Waals surface area contributed by atoms with E-state index in [1.807, 2.05) is 77.5 Å². The molecule has 0 saturated carbocycles. The van der Waals surface area contributed by atoms with Crippen LogP contribution in [0.2, 0.25) is 0 Å². The summed E-state index contributed by atoms with van der Waals surface area (Å²) in [4.78, 5) is 19.6. The lowest BCUT2D eigenvalue weighted by Crippen LogP contribution is -2.36. The molecule has 0 radical (unpaired) electrons. The molecule has 156 valence electrons. The number of benzene rings is 3. The van der Waals surface area contributed by atoms with Crippen LogP contribution in [0.25, 0.3) is 16.9 Å². The van der Waals surface area contributed by atoms with Crippen LogP contribution < -0.4 is 0 Å². The highest BCUT2D eigenvalue weighted by Crippen LogP contribution is 2.48. The third kappa shape index (κ3) is 2.93. The van der Waals surface area contributed by atoms with Gasteiger partial charge >= 0.3 is 0 Å². The zero-order valence-electron chi connectivity index (χ0n) is 16.9. The van der Waals surface area contributed by atoms with Crippen molar-refractivity contribution in [2.75, 3.05) is 5.75 Å². The van der Waals surface area contributed by atoms with Crippen molar-refractivity contribution < 1.29 is 9.90 Å². The Morgan fingerprint density at radius 1 is 0.906 bits per heavy atom. The minimum Gasteiger partial charge on any atom is -0.508 e. The topological polar surface area (TPSA) is 70.7 Å². The molecule has 3 heterocycles. The average Bonchev–Trinajstić information content (AvgIpc) is 3.40. The van der Waals surface area contributed by atoms with Gasteiger partial charge in [0.1, 0.15) is 11.4 Å². The summed E-state index contributed by atoms with van der Waals surface area (Å²) in [7, 11) is 0. The number of hydrogen-bond acceptors (Lipinski definition) is 5. The van der Waals surface area contributed by atoms with Gasteiger partial charge in [0.25, 0.3) is 0 Å². The number of thioether (sulfide) groups is 1. The molecule has 0 spiro atoms. The van der Waals surface area contributed by atoms with E-state index in [1.165, 1.54) is 11.8 Å². The maximum absolute atomic E-state index is 12.9. The molecule has 2 aliphatic heterocycles. The van der Waals surface area contributed by atoms with E-state index in [0.29, 0.717) is 10.9 Å². The molecule has 0 aliphatic carbocycles. The lowest BCUT2D eigenvalue weighted by atomic mass is 9.93. The Labute approximate surface area is 188 Å². The molecular formula is C25H18N4O2S. The number of amidine groups is 1. The summed E-state index contributed by atoms with van der Waals surface area (Å²) in [5.74, 6) is 1.28. The molecule has 2 aliphatic rings. The Bertz CT molecular complexity index is 1350. The molecule has 1 amide bonds. The van der Waals surface area contributed by atoms with Gasteiger partial charge in [0, 0.05) is 5.56 Å². The minimum atomic E-state index is -0.381. The van der Waals surface area contributed by atoms with Gasteiger partial charge in [-0.3, -0.25) is 9.69 Å². The SMILES string of the molecule is O=C1CSC2=Nc3c(c(-c4ccccc4)nn3-c3ccccc3)C(c3ccc(O)cc3)N12. The van der Waals surface area contributed by atoms with E-state index in [2.05, 4.69) is 0 Å². The number of phenols is 1. The molecule has 1 aromatic heterocycles. The minimum absolute atomic E-state index is 0.0175. The van der Waals surface area contributed by atoms with Crippen LogP contribution in [0.15, 0.2) is 89.9 Å². The van der Waals surface area contributed by atoms with Crippen LogP contribution in [-0.2, 0) is 4.79 Å². The normalized spacial score (nSPS) is 17.1. The van der Waals surface area contributed by atoms with Gasteiger partial charge in [-0.15, -0.1) is 0 Å². The molecule has 3 aromatic carbocycles. The maximum Gasteiger partial charge on any atom is 0.239 e. The Morgan fingerprint density at radius 2 is 1.59 bits per heavy atom. The van der Waals surface area contributed by atoms with Crippen LogP contribution >= 0.6 is 11.8 Å². The second-order valence-electron chi connectivity index (χ2n) is 7.64. The highest BCUT2D eigenvalue weighted by atomic mass is 32.2. The van der Waals surface area contributed by atoms with Crippen molar-refractivity contribution in [1.29, 1.82) is 0 Å². The number of carbonyl (C=O) groups is 1. The second-order valence-corrected chi connectivity index (χ2v) is 8.58. The number of phenolic OH excluding ortho intramolecular Hbond substituents is 1. The fraction of sp³-hybridized carbons (Fsp3) is 0.0800. The number of fused-ring (bicyclic) bond motifs is 2. The largest absolute Gasteiger partial charge is 0.508 e. The van der Waals surface area contributed by atoms with Gasteiger partial charge in [-0.25, -0.2) is 9.67 Å². The van der Waals surface area contributed by atoms with Crippen molar-refractivity contribution in [3.63, 3.8) is 0 Å². The highest BCUT2D eigenvalue weighted by molar-refractivity contribution is 8.15. The van der Waals surface area contributed by atoms with Crippen molar-refractivity contribution in [2.24, 2.45) is 4.99 Å². The Balaban J connectivity index is 1.67. The molecule has 7 heteroatoms. The van der Waals surface area contributed by atoms with Gasteiger partial charge in [0.05, 0.1) is 23.0 Å². The summed E-state index contributed by atoms with van der Waals surface area (Å²) in [6.07, 6.45) is 0. The zero-order chi connectivity index (χ0) is 21.7. The van der Waals surface area contributed by atoms with Crippen molar-refractivity contribution >= 4 is 28.7 Å². The third-order valence-corrected chi connectivity index (χ3v) is 6.62. The number of aliphatic imine (C=N–C) groups is 1. The highest BCUT2D eigenvalue weighted by Gasteiger charge is 2.43. The molecular weight excluding hydrogens is 420 g/mol. The number of hydrogen-bond donors (Lipinski definition) is 1. The predicted octanol–water partition coefficient (Wildman–Crippen LogP) is 4.91. The lowest BCUT2D eigenvalue weighted by Gasteiger charge is -2.31. The van der Waals surface area contributed by atoms with Gasteiger partial charge in [-0.1, -0.05) is 72.4 Å². The summed E-state index contributed by atoms with van der Waals surface area (Å²) in [5.41, 5.74) is 4.43. The van der Waals surface area contributed by atoms with Crippen LogP contribution in [0.3, 0.4) is 0 Å². The van der Waals surface area contributed by atoms with Crippen LogP contribution in [0.5, 0.6) is 5.75 Å². The zero-order valence-corrected chi connectivity index (χ0v) is 17.7. The Hall–Kier alpha value is -3.84. The summed E-state index contributed by atoms with van der Waals surface area (Å²) < 4.78 is 1.86. The number of aromatic nitrogens is 2. The second kappa shape index (κ2) is 7.39. The molecule has 6 rings (SSSR count). The molecule has 1 fully saturated rings. The van der Waals surface area contributed by atoms with E-state index in [1.54, 1.807) is 17.0 Å². The smallest absolute Gasteiger partial charge is 0.239 e. The molecule has 4 aromatic rings. The van der Waals surface area contributed by atoms with E-state index in [9.17, 15) is 9.90 Å². The summed E-state index contributed by atoms with van der Waals surface area (Å²) in [6, 6.07) is 26.5. The van der Waals surface area contributed by atoms with E-state index >= 15 is 0 Å². The van der Waals surface area contributed by atoms with Crippen molar-refractivity contribution in [1.82, 2.24) is 14.7 Å². The molecule has 1 unspecified atom stereocenters. The van der Waals surface area contributed by atoms with Crippen molar-refractivity contribution in [3.05, 3.63) is 96.1 Å². The Morgan fingerprint density at radius 3 is 2.31 bits per heavy atom. The quantitative estimate of drug-likeness (QED) is 0.493. The van der Waals surface area contributed by atoms with E-state index in [0.717, 1.165) is 33.9 Å². The molecule has 0 bridgehead atoms. The van der Waals surface area contributed by atoms with E-state index in [-0.39, 0.29) is 17.7 Å². The fourth-order valence-electron chi connectivity index (χ4n) is 4.24. The monoisotopic (exact) mass is 438 g/mol. The molecule has 1 atom stereocenters. The molecule has 32 heavy (non-hydrogen) atoms. The number of nitrogens with zero attached hydrogens (tertiary/aromatic N) is 4.